The fourth-order valence-corrected chi connectivity index (χ4v) is 1.49. The van der Waals surface area contributed by atoms with Crippen molar-refractivity contribution in [1.29, 1.82) is 0 Å². The van der Waals surface area contributed by atoms with Crippen molar-refractivity contribution in [1.82, 2.24) is 9.80 Å². The van der Waals surface area contributed by atoms with E-state index >= 15 is 0 Å². The quantitative estimate of drug-likeness (QED) is 0.596. The molecule has 17 heavy (non-hydrogen) atoms. The molecule has 0 aliphatic carbocycles. The molecule has 0 aromatic carbocycles. The molecule has 100 valence electrons. The lowest BCUT2D eigenvalue weighted by molar-refractivity contribution is -0.135. The van der Waals surface area contributed by atoms with Gasteiger partial charge in [-0.25, -0.2) is 0 Å². The number of carbonyl (C=O) groups excluding carboxylic acids is 1. The Morgan fingerprint density at radius 1 is 1.29 bits per heavy atom. The Labute approximate surface area is 109 Å². The minimum absolute atomic E-state index is 0.0116. The van der Waals surface area contributed by atoms with Crippen molar-refractivity contribution in [3.8, 4) is 0 Å². The molecule has 0 bridgehead atoms. The van der Waals surface area contributed by atoms with Gasteiger partial charge in [-0.3, -0.25) is 4.79 Å². The van der Waals surface area contributed by atoms with Gasteiger partial charge in [-0.2, -0.15) is 0 Å². The van der Waals surface area contributed by atoms with Gasteiger partial charge in [0.1, 0.15) is 6.61 Å². The first kappa shape index (κ1) is 16.3. The molecule has 0 heterocycles. The average molecular weight is 261 g/mol. The summed E-state index contributed by atoms with van der Waals surface area (Å²) in [5.74, 6) is -0.0116. The van der Waals surface area contributed by atoms with Crippen molar-refractivity contribution in [2.75, 3.05) is 47.4 Å². The van der Waals surface area contributed by atoms with Crippen LogP contribution in [0.15, 0.2) is 0 Å². The highest BCUT2D eigenvalue weighted by Gasteiger charge is 2.12. The molecule has 0 saturated heterocycles. The highest BCUT2D eigenvalue weighted by Crippen LogP contribution is 1.97. The second-order valence-corrected chi connectivity index (χ2v) is 4.71. The number of hydrogen-bond acceptors (Lipinski definition) is 4. The van der Waals surface area contributed by atoms with Gasteiger partial charge in [-0.05, 0) is 27.1 Å². The normalized spacial score (nSPS) is 10.6. The molecular formula is C11H23N3O2S. The Morgan fingerprint density at radius 3 is 2.41 bits per heavy atom. The summed E-state index contributed by atoms with van der Waals surface area (Å²) in [7, 11) is 5.54. The Morgan fingerprint density at radius 2 is 1.94 bits per heavy atom. The number of rotatable bonds is 9. The van der Waals surface area contributed by atoms with E-state index in [-0.39, 0.29) is 12.5 Å². The lowest BCUT2D eigenvalue weighted by atomic mass is 10.3. The van der Waals surface area contributed by atoms with Crippen LogP contribution in [0.2, 0.25) is 0 Å². The average Bonchev–Trinajstić information content (AvgIpc) is 2.22. The highest BCUT2D eigenvalue weighted by atomic mass is 32.1. The topological polar surface area (TPSA) is 58.8 Å². The lowest BCUT2D eigenvalue weighted by Gasteiger charge is -2.23. The third-order valence-corrected chi connectivity index (χ3v) is 2.49. The molecule has 0 rings (SSSR count). The predicted octanol–water partition coefficient (Wildman–Crippen LogP) is 0.0893. The van der Waals surface area contributed by atoms with Gasteiger partial charge in [-0.15, -0.1) is 0 Å². The van der Waals surface area contributed by atoms with Crippen molar-refractivity contribution in [3.63, 3.8) is 0 Å². The Bertz CT molecular complexity index is 247. The molecule has 0 unspecified atom stereocenters. The molecule has 0 saturated carbocycles. The molecule has 1 amide bonds. The fraction of sp³-hybridized carbons (Fsp3) is 0.818. The zero-order chi connectivity index (χ0) is 13.3. The molecule has 0 aromatic rings. The van der Waals surface area contributed by atoms with Gasteiger partial charge >= 0.3 is 0 Å². The molecule has 6 heteroatoms. The smallest absolute Gasteiger partial charge is 0.248 e. The Hall–Kier alpha value is -0.720. The van der Waals surface area contributed by atoms with Crippen LogP contribution in [0.1, 0.15) is 12.8 Å². The number of ether oxygens (including phenoxy) is 1. The third kappa shape index (κ3) is 9.02. The zero-order valence-electron chi connectivity index (χ0n) is 10.9. The van der Waals surface area contributed by atoms with Crippen molar-refractivity contribution in [2.45, 2.75) is 12.8 Å². The van der Waals surface area contributed by atoms with Gasteiger partial charge in [0.05, 0.1) is 4.99 Å². The summed E-state index contributed by atoms with van der Waals surface area (Å²) in [5.41, 5.74) is 5.45. The van der Waals surface area contributed by atoms with E-state index in [1.165, 1.54) is 7.11 Å². The van der Waals surface area contributed by atoms with E-state index < -0.39 is 0 Å². The van der Waals surface area contributed by atoms with Crippen LogP contribution in [0.4, 0.5) is 0 Å². The summed E-state index contributed by atoms with van der Waals surface area (Å²) >= 11 is 4.82. The molecule has 0 aromatic heterocycles. The molecule has 0 radical (unpaired) electrons. The first-order valence-corrected chi connectivity index (χ1v) is 6.08. The van der Waals surface area contributed by atoms with Gasteiger partial charge in [0.15, 0.2) is 0 Å². The molecule has 0 atom stereocenters. The van der Waals surface area contributed by atoms with Crippen LogP contribution in [0.5, 0.6) is 0 Å². The largest absolute Gasteiger partial charge is 0.393 e. The first-order chi connectivity index (χ1) is 7.97. The molecule has 0 aliphatic rings. The van der Waals surface area contributed by atoms with Gasteiger partial charge in [0, 0.05) is 26.6 Å². The maximum Gasteiger partial charge on any atom is 0.248 e. The summed E-state index contributed by atoms with van der Waals surface area (Å²) < 4.78 is 4.85. The third-order valence-electron chi connectivity index (χ3n) is 2.28. The summed E-state index contributed by atoms with van der Waals surface area (Å²) in [4.78, 5) is 16.0. The molecule has 2 N–H and O–H groups in total. The molecule has 0 aliphatic heterocycles. The van der Waals surface area contributed by atoms with E-state index in [9.17, 15) is 4.79 Å². The number of hydrogen-bond donors (Lipinski definition) is 1. The van der Waals surface area contributed by atoms with Crippen molar-refractivity contribution < 1.29 is 9.53 Å². The van der Waals surface area contributed by atoms with E-state index in [4.69, 9.17) is 22.7 Å². The summed E-state index contributed by atoms with van der Waals surface area (Å²) in [6, 6.07) is 0. The van der Waals surface area contributed by atoms with Crippen LogP contribution in [0, 0.1) is 0 Å². The summed E-state index contributed by atoms with van der Waals surface area (Å²) in [6.45, 7) is 2.34. The number of thiocarbonyl (C=S) groups is 1. The minimum atomic E-state index is -0.0116. The number of nitrogens with zero attached hydrogens (tertiary/aromatic N) is 2. The SMILES string of the molecule is COCC(=O)N(CCCN(C)C)CCC(N)=S. The molecular weight excluding hydrogens is 238 g/mol. The highest BCUT2D eigenvalue weighted by molar-refractivity contribution is 7.80. The van der Waals surface area contributed by atoms with Crippen LogP contribution in [-0.4, -0.2) is 68.1 Å². The molecule has 0 spiro atoms. The lowest BCUT2D eigenvalue weighted by Crippen LogP contribution is -2.37. The van der Waals surface area contributed by atoms with Crippen LogP contribution >= 0.6 is 12.2 Å². The first-order valence-electron chi connectivity index (χ1n) is 5.67. The minimum Gasteiger partial charge on any atom is -0.393 e. The van der Waals surface area contributed by atoms with Crippen LogP contribution in [-0.2, 0) is 9.53 Å². The summed E-state index contributed by atoms with van der Waals surface area (Å²) in [5, 5.41) is 0. The van der Waals surface area contributed by atoms with Crippen LogP contribution in [0.3, 0.4) is 0 Å². The second kappa shape index (κ2) is 9.32. The van der Waals surface area contributed by atoms with E-state index in [0.717, 1.165) is 13.0 Å². The van der Waals surface area contributed by atoms with Crippen molar-refractivity contribution in [3.05, 3.63) is 0 Å². The van der Waals surface area contributed by atoms with E-state index in [1.54, 1.807) is 4.90 Å². The number of amides is 1. The number of nitrogens with two attached hydrogens (primary N) is 1. The van der Waals surface area contributed by atoms with Crippen LogP contribution < -0.4 is 5.73 Å². The van der Waals surface area contributed by atoms with Gasteiger partial charge in [0.2, 0.25) is 5.91 Å². The van der Waals surface area contributed by atoms with E-state index in [1.807, 2.05) is 14.1 Å². The monoisotopic (exact) mass is 261 g/mol. The Balaban J connectivity index is 4.09. The van der Waals surface area contributed by atoms with E-state index in [0.29, 0.717) is 24.5 Å². The van der Waals surface area contributed by atoms with E-state index in [2.05, 4.69) is 4.90 Å². The van der Waals surface area contributed by atoms with Gasteiger partial charge in [0.25, 0.3) is 0 Å². The van der Waals surface area contributed by atoms with Gasteiger partial charge in [-0.1, -0.05) is 12.2 Å². The zero-order valence-corrected chi connectivity index (χ0v) is 11.8. The fourth-order valence-electron chi connectivity index (χ4n) is 1.40. The predicted molar refractivity (Wildman–Crippen MR) is 73.0 cm³/mol. The van der Waals surface area contributed by atoms with Crippen LogP contribution in [0.25, 0.3) is 0 Å². The maximum atomic E-state index is 11.7. The van der Waals surface area contributed by atoms with Crippen molar-refractivity contribution in [2.24, 2.45) is 5.73 Å². The Kier molecular flexibility index (Phi) is 8.93. The number of carbonyl (C=O) groups is 1. The standard InChI is InChI=1S/C11H23N3O2S/c1-13(2)6-4-7-14(8-5-10(12)17)11(15)9-16-3/h4-9H2,1-3H3,(H2,12,17). The molecule has 5 nitrogen and oxygen atoms in total. The molecule has 0 fully saturated rings. The maximum absolute atomic E-state index is 11.7. The van der Waals surface area contributed by atoms with Gasteiger partial charge < -0.3 is 20.3 Å². The van der Waals surface area contributed by atoms with Crippen molar-refractivity contribution >= 4 is 23.1 Å². The number of methoxy groups -OCH3 is 1. The second-order valence-electron chi connectivity index (χ2n) is 4.19. The summed E-state index contributed by atoms with van der Waals surface area (Å²) in [6.07, 6.45) is 1.49.